The van der Waals surface area contributed by atoms with Crippen LogP contribution in [0.15, 0.2) is 48.7 Å². The fraction of sp³-hybridized carbons (Fsp3) is 0.250. The number of carbonyl (C=O) groups excluding carboxylic acids is 2. The molecule has 1 aromatic carbocycles. The zero-order chi connectivity index (χ0) is 23.4. The van der Waals surface area contributed by atoms with E-state index in [0.29, 0.717) is 48.8 Å². The molecule has 0 unspecified atom stereocenters. The van der Waals surface area contributed by atoms with E-state index in [-0.39, 0.29) is 23.3 Å². The Labute approximate surface area is 191 Å². The number of pyridine rings is 1. The summed E-state index contributed by atoms with van der Waals surface area (Å²) in [6, 6.07) is 12.7. The molecule has 4 rings (SSSR count). The Balaban J connectivity index is 1.57. The summed E-state index contributed by atoms with van der Waals surface area (Å²) in [7, 11) is 0. The van der Waals surface area contributed by atoms with Gasteiger partial charge in [-0.1, -0.05) is 24.1 Å². The lowest BCUT2D eigenvalue weighted by atomic mass is 10.0. The molecule has 0 radical (unpaired) electrons. The molecular weight excluding hydrogens is 420 g/mol. The first-order valence-electron chi connectivity index (χ1n) is 10.6. The summed E-state index contributed by atoms with van der Waals surface area (Å²) in [4.78, 5) is 30.3. The van der Waals surface area contributed by atoms with Gasteiger partial charge in [-0.2, -0.15) is 5.10 Å². The predicted molar refractivity (Wildman–Crippen MR) is 123 cm³/mol. The fourth-order valence-corrected chi connectivity index (χ4v) is 3.85. The van der Waals surface area contributed by atoms with Gasteiger partial charge in [-0.05, 0) is 50.0 Å². The van der Waals surface area contributed by atoms with Crippen LogP contribution in [0.1, 0.15) is 36.2 Å². The largest absolute Gasteiger partial charge is 0.456 e. The molecule has 0 spiro atoms. The van der Waals surface area contributed by atoms with Crippen molar-refractivity contribution in [2.24, 2.45) is 5.73 Å². The molecule has 0 aliphatic carbocycles. The SMILES string of the molecule is CC#CC(=O)N1CCC(n2nc(-c3ccc(Oc4ccccc4)cn3)c(C(N)=O)c2N)CC1. The number of hydrogen-bond acceptors (Lipinski definition) is 6. The van der Waals surface area contributed by atoms with Crippen LogP contribution < -0.4 is 16.2 Å². The molecule has 2 aromatic heterocycles. The summed E-state index contributed by atoms with van der Waals surface area (Å²) < 4.78 is 7.40. The van der Waals surface area contributed by atoms with E-state index in [1.54, 1.807) is 34.8 Å². The summed E-state index contributed by atoms with van der Waals surface area (Å²) in [5.74, 6) is 5.76. The maximum atomic E-state index is 12.2. The van der Waals surface area contributed by atoms with Gasteiger partial charge in [-0.3, -0.25) is 14.6 Å². The number of likely N-dealkylation sites (tertiary alicyclic amines) is 1. The quantitative estimate of drug-likeness (QED) is 0.582. The number of amides is 2. The minimum Gasteiger partial charge on any atom is -0.456 e. The number of aromatic nitrogens is 3. The van der Waals surface area contributed by atoms with Gasteiger partial charge in [0.1, 0.15) is 28.6 Å². The molecule has 0 saturated carbocycles. The van der Waals surface area contributed by atoms with Gasteiger partial charge < -0.3 is 21.1 Å². The number of nitrogens with two attached hydrogens (primary N) is 2. The highest BCUT2D eigenvalue weighted by atomic mass is 16.5. The number of rotatable bonds is 5. The number of carbonyl (C=O) groups is 2. The van der Waals surface area contributed by atoms with Crippen LogP contribution >= 0.6 is 0 Å². The Hall–Kier alpha value is -4.32. The molecule has 168 valence electrons. The van der Waals surface area contributed by atoms with E-state index in [1.165, 1.54) is 0 Å². The molecule has 33 heavy (non-hydrogen) atoms. The topological polar surface area (TPSA) is 129 Å². The van der Waals surface area contributed by atoms with Crippen LogP contribution in [0.4, 0.5) is 5.82 Å². The number of hydrogen-bond donors (Lipinski definition) is 2. The number of nitrogens with zero attached hydrogens (tertiary/aromatic N) is 4. The highest BCUT2D eigenvalue weighted by Crippen LogP contribution is 2.32. The monoisotopic (exact) mass is 444 g/mol. The van der Waals surface area contributed by atoms with Gasteiger partial charge >= 0.3 is 0 Å². The van der Waals surface area contributed by atoms with Gasteiger partial charge in [-0.25, -0.2) is 4.68 Å². The standard InChI is InChI=1S/C24H24N6O3/c1-2-6-20(31)29-13-11-16(12-14-29)30-23(25)21(24(26)32)22(28-30)19-10-9-18(15-27-19)33-17-7-4-3-5-8-17/h3-5,7-10,15-16H,11-14,25H2,1H3,(H2,26,32). The maximum absolute atomic E-state index is 12.2. The molecule has 0 bridgehead atoms. The fourth-order valence-electron chi connectivity index (χ4n) is 3.85. The van der Waals surface area contributed by atoms with Crippen LogP contribution in [0.3, 0.4) is 0 Å². The Morgan fingerprint density at radius 1 is 1.09 bits per heavy atom. The van der Waals surface area contributed by atoms with Crippen molar-refractivity contribution in [1.82, 2.24) is 19.7 Å². The normalized spacial score (nSPS) is 13.8. The van der Waals surface area contributed by atoms with Crippen molar-refractivity contribution in [1.29, 1.82) is 0 Å². The number of primary amides is 1. The van der Waals surface area contributed by atoms with E-state index in [2.05, 4.69) is 21.9 Å². The van der Waals surface area contributed by atoms with E-state index in [4.69, 9.17) is 16.2 Å². The summed E-state index contributed by atoms with van der Waals surface area (Å²) in [6.07, 6.45) is 2.83. The molecule has 1 aliphatic rings. The van der Waals surface area contributed by atoms with Crippen LogP contribution in [0.2, 0.25) is 0 Å². The predicted octanol–water partition coefficient (Wildman–Crippen LogP) is 2.61. The zero-order valence-corrected chi connectivity index (χ0v) is 18.2. The maximum Gasteiger partial charge on any atom is 0.298 e. The molecule has 9 heteroatoms. The first kappa shape index (κ1) is 21.9. The second kappa shape index (κ2) is 9.44. The third-order valence-electron chi connectivity index (χ3n) is 5.48. The third-order valence-corrected chi connectivity index (χ3v) is 5.48. The smallest absolute Gasteiger partial charge is 0.298 e. The molecule has 2 amide bonds. The summed E-state index contributed by atoms with van der Waals surface area (Å²) in [5, 5.41) is 4.60. The van der Waals surface area contributed by atoms with E-state index in [9.17, 15) is 9.59 Å². The number of piperidine rings is 1. The van der Waals surface area contributed by atoms with E-state index in [0.717, 1.165) is 0 Å². The minimum atomic E-state index is -0.675. The van der Waals surface area contributed by atoms with Crippen molar-refractivity contribution in [3.8, 4) is 34.7 Å². The van der Waals surface area contributed by atoms with Gasteiger partial charge in [-0.15, -0.1) is 0 Å². The molecular formula is C24H24N6O3. The molecule has 3 heterocycles. The zero-order valence-electron chi connectivity index (χ0n) is 18.2. The first-order valence-corrected chi connectivity index (χ1v) is 10.6. The van der Waals surface area contributed by atoms with Gasteiger partial charge in [0.15, 0.2) is 0 Å². The lowest BCUT2D eigenvalue weighted by molar-refractivity contribution is -0.126. The summed E-state index contributed by atoms with van der Waals surface area (Å²) >= 11 is 0. The number of benzene rings is 1. The van der Waals surface area contributed by atoms with Crippen molar-refractivity contribution >= 4 is 17.6 Å². The summed E-state index contributed by atoms with van der Waals surface area (Å²) in [6.45, 7) is 2.70. The van der Waals surface area contributed by atoms with Crippen LogP contribution in [0.5, 0.6) is 11.5 Å². The lowest BCUT2D eigenvalue weighted by Gasteiger charge is -2.31. The Morgan fingerprint density at radius 3 is 2.42 bits per heavy atom. The Kier molecular flexibility index (Phi) is 6.26. The highest BCUT2D eigenvalue weighted by Gasteiger charge is 2.29. The van der Waals surface area contributed by atoms with Crippen molar-refractivity contribution in [3.05, 3.63) is 54.2 Å². The average molecular weight is 444 g/mol. The van der Waals surface area contributed by atoms with Crippen molar-refractivity contribution in [2.75, 3.05) is 18.8 Å². The lowest BCUT2D eigenvalue weighted by Crippen LogP contribution is -2.38. The van der Waals surface area contributed by atoms with Crippen LogP contribution in [-0.4, -0.2) is 44.6 Å². The van der Waals surface area contributed by atoms with E-state index >= 15 is 0 Å². The van der Waals surface area contributed by atoms with Gasteiger partial charge in [0.2, 0.25) is 0 Å². The van der Waals surface area contributed by atoms with Gasteiger partial charge in [0, 0.05) is 13.1 Å². The number of anilines is 1. The number of ether oxygens (including phenoxy) is 1. The van der Waals surface area contributed by atoms with Gasteiger partial charge in [0.05, 0.1) is 17.9 Å². The average Bonchev–Trinajstić information content (AvgIpc) is 3.18. The Bertz CT molecular complexity index is 1220. The second-order valence-corrected chi connectivity index (χ2v) is 7.61. The van der Waals surface area contributed by atoms with Crippen molar-refractivity contribution in [3.63, 3.8) is 0 Å². The molecule has 1 fully saturated rings. The number of para-hydroxylation sites is 1. The molecule has 0 atom stereocenters. The molecule has 4 N–H and O–H groups in total. The molecule has 1 saturated heterocycles. The van der Waals surface area contributed by atoms with E-state index < -0.39 is 5.91 Å². The molecule has 9 nitrogen and oxygen atoms in total. The summed E-state index contributed by atoms with van der Waals surface area (Å²) in [5.41, 5.74) is 12.8. The van der Waals surface area contributed by atoms with Crippen molar-refractivity contribution < 1.29 is 14.3 Å². The molecule has 1 aliphatic heterocycles. The minimum absolute atomic E-state index is 0.0730. The highest BCUT2D eigenvalue weighted by molar-refractivity contribution is 6.03. The first-order chi connectivity index (χ1) is 16.0. The van der Waals surface area contributed by atoms with Crippen molar-refractivity contribution in [2.45, 2.75) is 25.8 Å². The van der Waals surface area contributed by atoms with Crippen LogP contribution in [0, 0.1) is 11.8 Å². The Morgan fingerprint density at radius 2 is 1.82 bits per heavy atom. The van der Waals surface area contributed by atoms with Crippen LogP contribution in [0.25, 0.3) is 11.4 Å². The molecule has 3 aromatic rings. The van der Waals surface area contributed by atoms with E-state index in [1.807, 2.05) is 30.3 Å². The number of nitrogen functional groups attached to an aromatic ring is 1. The second-order valence-electron chi connectivity index (χ2n) is 7.61. The van der Waals surface area contributed by atoms with Gasteiger partial charge in [0.25, 0.3) is 11.8 Å². The van der Waals surface area contributed by atoms with Crippen LogP contribution in [-0.2, 0) is 4.79 Å². The third kappa shape index (κ3) is 4.65.